The lowest BCUT2D eigenvalue weighted by molar-refractivity contribution is 0.0972. The lowest BCUT2D eigenvalue weighted by atomic mass is 9.85. The van der Waals surface area contributed by atoms with Gasteiger partial charge in [-0.1, -0.05) is 44.2 Å². The van der Waals surface area contributed by atoms with Crippen LogP contribution >= 0.6 is 0 Å². The second kappa shape index (κ2) is 7.68. The summed E-state index contributed by atoms with van der Waals surface area (Å²) in [4.78, 5) is 15.2. The van der Waals surface area contributed by atoms with E-state index in [1.807, 2.05) is 18.2 Å². The molecule has 128 valence electrons. The molecule has 0 saturated carbocycles. The van der Waals surface area contributed by atoms with Crippen molar-refractivity contribution in [1.82, 2.24) is 10.6 Å². The van der Waals surface area contributed by atoms with Gasteiger partial charge in [-0.3, -0.25) is 9.79 Å². The molecule has 1 heterocycles. The van der Waals surface area contributed by atoms with Crippen LogP contribution in [-0.2, 0) is 12.0 Å². The highest BCUT2D eigenvalue weighted by Crippen LogP contribution is 2.21. The van der Waals surface area contributed by atoms with Gasteiger partial charge >= 0.3 is 0 Å². The SMILES string of the molecule is CN=C(NCc1ccc(C(N)=O)o1)NCC(C)(C)c1ccccc1. The number of primary amides is 1. The zero-order chi connectivity index (χ0) is 17.6. The molecule has 1 aromatic heterocycles. The Balaban J connectivity index is 1.89. The second-order valence-corrected chi connectivity index (χ2v) is 6.16. The summed E-state index contributed by atoms with van der Waals surface area (Å²) in [6.07, 6.45) is 0. The number of furan rings is 1. The zero-order valence-electron chi connectivity index (χ0n) is 14.3. The van der Waals surface area contributed by atoms with Crippen LogP contribution in [0.25, 0.3) is 0 Å². The van der Waals surface area contributed by atoms with E-state index in [0.29, 0.717) is 18.3 Å². The van der Waals surface area contributed by atoms with Crippen LogP contribution < -0.4 is 16.4 Å². The molecule has 24 heavy (non-hydrogen) atoms. The van der Waals surface area contributed by atoms with E-state index < -0.39 is 5.91 Å². The molecular formula is C18H24N4O2. The Bertz CT molecular complexity index is 705. The first-order valence-corrected chi connectivity index (χ1v) is 7.81. The summed E-state index contributed by atoms with van der Waals surface area (Å²) < 4.78 is 5.33. The fourth-order valence-corrected chi connectivity index (χ4v) is 2.29. The Morgan fingerprint density at radius 3 is 2.46 bits per heavy atom. The smallest absolute Gasteiger partial charge is 0.284 e. The number of rotatable bonds is 6. The minimum absolute atomic E-state index is 0.0390. The first-order chi connectivity index (χ1) is 11.4. The zero-order valence-corrected chi connectivity index (χ0v) is 14.3. The summed E-state index contributed by atoms with van der Waals surface area (Å²) in [5.74, 6) is 0.860. The molecule has 0 aliphatic carbocycles. The van der Waals surface area contributed by atoms with Crippen molar-refractivity contribution in [2.45, 2.75) is 25.8 Å². The number of carbonyl (C=O) groups excluding carboxylic acids is 1. The number of aliphatic imine (C=N–C) groups is 1. The molecule has 2 rings (SSSR count). The molecule has 1 amide bonds. The van der Waals surface area contributed by atoms with Gasteiger partial charge in [0, 0.05) is 19.0 Å². The van der Waals surface area contributed by atoms with Crippen LogP contribution in [0.1, 0.15) is 35.7 Å². The quantitative estimate of drug-likeness (QED) is 0.559. The van der Waals surface area contributed by atoms with Crippen molar-refractivity contribution in [3.8, 4) is 0 Å². The molecule has 2 aromatic rings. The highest BCUT2D eigenvalue weighted by Gasteiger charge is 2.20. The van der Waals surface area contributed by atoms with Crippen LogP contribution in [0.5, 0.6) is 0 Å². The first kappa shape index (κ1) is 17.6. The number of nitrogens with one attached hydrogen (secondary N) is 2. The normalized spacial score (nSPS) is 12.0. The maximum atomic E-state index is 11.0. The second-order valence-electron chi connectivity index (χ2n) is 6.16. The molecule has 0 aliphatic rings. The molecule has 0 bridgehead atoms. The number of guanidine groups is 1. The third kappa shape index (κ3) is 4.62. The largest absolute Gasteiger partial charge is 0.454 e. The van der Waals surface area contributed by atoms with Crippen molar-refractivity contribution < 1.29 is 9.21 Å². The van der Waals surface area contributed by atoms with Crippen molar-refractivity contribution in [2.75, 3.05) is 13.6 Å². The number of hydrogen-bond acceptors (Lipinski definition) is 3. The van der Waals surface area contributed by atoms with Gasteiger partial charge in [0.25, 0.3) is 5.91 Å². The van der Waals surface area contributed by atoms with Crippen molar-refractivity contribution >= 4 is 11.9 Å². The Morgan fingerprint density at radius 1 is 1.17 bits per heavy atom. The van der Waals surface area contributed by atoms with Crippen molar-refractivity contribution in [1.29, 1.82) is 0 Å². The van der Waals surface area contributed by atoms with Gasteiger partial charge in [-0.15, -0.1) is 0 Å². The topological polar surface area (TPSA) is 92.6 Å². The molecule has 0 aliphatic heterocycles. The van der Waals surface area contributed by atoms with E-state index in [1.165, 1.54) is 5.56 Å². The van der Waals surface area contributed by atoms with Crippen molar-refractivity contribution in [3.63, 3.8) is 0 Å². The van der Waals surface area contributed by atoms with Gasteiger partial charge < -0.3 is 20.8 Å². The minimum Gasteiger partial charge on any atom is -0.454 e. The molecule has 0 fully saturated rings. The van der Waals surface area contributed by atoms with Crippen LogP contribution in [0.4, 0.5) is 0 Å². The molecule has 6 heteroatoms. The fraction of sp³-hybridized carbons (Fsp3) is 0.333. The van der Waals surface area contributed by atoms with E-state index in [2.05, 4.69) is 41.6 Å². The average molecular weight is 328 g/mol. The Hall–Kier alpha value is -2.76. The van der Waals surface area contributed by atoms with Gasteiger partial charge in [0.15, 0.2) is 11.7 Å². The number of nitrogens with zero attached hydrogens (tertiary/aromatic N) is 1. The maximum absolute atomic E-state index is 11.0. The van der Waals surface area contributed by atoms with Gasteiger partial charge in [0.05, 0.1) is 6.54 Å². The predicted molar refractivity (Wildman–Crippen MR) is 94.9 cm³/mol. The minimum atomic E-state index is -0.576. The molecule has 0 atom stereocenters. The molecule has 0 radical (unpaired) electrons. The standard InChI is InChI=1S/C18H24N4O2/c1-18(2,13-7-5-4-6-8-13)12-22-17(20-3)21-11-14-9-10-15(24-14)16(19)23/h4-10H,11-12H2,1-3H3,(H2,19,23)(H2,20,21,22). The monoisotopic (exact) mass is 328 g/mol. The van der Waals surface area contributed by atoms with Gasteiger partial charge in [0.2, 0.25) is 0 Å². The summed E-state index contributed by atoms with van der Waals surface area (Å²) in [6.45, 7) is 5.49. The number of nitrogens with two attached hydrogens (primary N) is 1. The lowest BCUT2D eigenvalue weighted by Crippen LogP contribution is -2.43. The molecule has 0 spiro atoms. The predicted octanol–water partition coefficient (Wildman–Crippen LogP) is 2.02. The number of amides is 1. The van der Waals surface area contributed by atoms with Gasteiger partial charge in [0.1, 0.15) is 5.76 Å². The maximum Gasteiger partial charge on any atom is 0.284 e. The van der Waals surface area contributed by atoms with E-state index in [9.17, 15) is 4.79 Å². The fourth-order valence-electron chi connectivity index (χ4n) is 2.29. The van der Waals surface area contributed by atoms with Gasteiger partial charge in [-0.25, -0.2) is 0 Å². The highest BCUT2D eigenvalue weighted by molar-refractivity contribution is 5.89. The molecule has 4 N–H and O–H groups in total. The number of hydrogen-bond donors (Lipinski definition) is 3. The van der Waals surface area contributed by atoms with E-state index in [1.54, 1.807) is 19.2 Å². The summed E-state index contributed by atoms with van der Waals surface area (Å²) in [6, 6.07) is 13.6. The summed E-state index contributed by atoms with van der Waals surface area (Å²) in [7, 11) is 1.71. The van der Waals surface area contributed by atoms with E-state index >= 15 is 0 Å². The van der Waals surface area contributed by atoms with Crippen LogP contribution in [0.15, 0.2) is 51.9 Å². The van der Waals surface area contributed by atoms with Crippen LogP contribution in [0.3, 0.4) is 0 Å². The van der Waals surface area contributed by atoms with Crippen LogP contribution in [-0.4, -0.2) is 25.5 Å². The van der Waals surface area contributed by atoms with Gasteiger partial charge in [-0.05, 0) is 17.7 Å². The summed E-state index contributed by atoms with van der Waals surface area (Å²) >= 11 is 0. The first-order valence-electron chi connectivity index (χ1n) is 7.81. The summed E-state index contributed by atoms with van der Waals surface area (Å²) in [5.41, 5.74) is 6.39. The van der Waals surface area contributed by atoms with Crippen LogP contribution in [0, 0.1) is 0 Å². The molecule has 1 aromatic carbocycles. The van der Waals surface area contributed by atoms with Crippen molar-refractivity contribution in [3.05, 3.63) is 59.5 Å². The molecule has 6 nitrogen and oxygen atoms in total. The lowest BCUT2D eigenvalue weighted by Gasteiger charge is -2.26. The Morgan fingerprint density at radius 2 is 1.88 bits per heavy atom. The summed E-state index contributed by atoms with van der Waals surface area (Å²) in [5, 5.41) is 6.47. The third-order valence-corrected chi connectivity index (χ3v) is 3.81. The van der Waals surface area contributed by atoms with E-state index in [-0.39, 0.29) is 11.2 Å². The van der Waals surface area contributed by atoms with E-state index in [0.717, 1.165) is 6.54 Å². The Labute approximate surface area is 142 Å². The van der Waals surface area contributed by atoms with E-state index in [4.69, 9.17) is 10.2 Å². The third-order valence-electron chi connectivity index (χ3n) is 3.81. The van der Waals surface area contributed by atoms with Crippen molar-refractivity contribution in [2.24, 2.45) is 10.7 Å². The van der Waals surface area contributed by atoms with Crippen LogP contribution in [0.2, 0.25) is 0 Å². The average Bonchev–Trinajstić information content (AvgIpc) is 3.05. The molecular weight excluding hydrogens is 304 g/mol. The number of carbonyl (C=O) groups is 1. The molecule has 0 unspecified atom stereocenters. The Kier molecular flexibility index (Phi) is 5.63. The van der Waals surface area contributed by atoms with Gasteiger partial charge in [-0.2, -0.15) is 0 Å². The molecule has 0 saturated heterocycles. The number of benzene rings is 1. The highest BCUT2D eigenvalue weighted by atomic mass is 16.3.